The predicted molar refractivity (Wildman–Crippen MR) is 73.5 cm³/mol. The minimum atomic E-state index is -3.58. The summed E-state index contributed by atoms with van der Waals surface area (Å²) in [7, 11) is -2.29. The van der Waals surface area contributed by atoms with Crippen LogP contribution in [0.1, 0.15) is 5.56 Å². The van der Waals surface area contributed by atoms with Crippen molar-refractivity contribution in [3.63, 3.8) is 0 Å². The second-order valence-electron chi connectivity index (χ2n) is 4.42. The van der Waals surface area contributed by atoms with Crippen LogP contribution in [0.3, 0.4) is 0 Å². The fraction of sp³-hybridized carbons (Fsp3) is 0.273. The quantitative estimate of drug-likeness (QED) is 0.410. The maximum Gasteiger partial charge on any atom is 0.426 e. The normalized spacial score (nSPS) is 14.7. The summed E-state index contributed by atoms with van der Waals surface area (Å²) in [6.07, 6.45) is 1.02. The van der Waals surface area contributed by atoms with E-state index in [1.54, 1.807) is 19.1 Å². The van der Waals surface area contributed by atoms with Crippen LogP contribution in [0.2, 0.25) is 0 Å². The molecule has 1 aromatic rings. The van der Waals surface area contributed by atoms with E-state index in [4.69, 9.17) is 16.9 Å². The van der Waals surface area contributed by atoms with Crippen molar-refractivity contribution < 1.29 is 13.2 Å². The van der Waals surface area contributed by atoms with Crippen molar-refractivity contribution in [2.24, 2.45) is 11.5 Å². The zero-order chi connectivity index (χ0) is 15.0. The fourth-order valence-electron chi connectivity index (χ4n) is 1.85. The van der Waals surface area contributed by atoms with Gasteiger partial charge in [0.2, 0.25) is 0 Å². The molecule has 0 spiro atoms. The van der Waals surface area contributed by atoms with E-state index in [1.807, 2.05) is 0 Å². The van der Waals surface area contributed by atoms with Gasteiger partial charge in [0.05, 0.1) is 7.05 Å². The molecule has 0 bridgehead atoms. The molecule has 0 saturated heterocycles. The Hall–Kier alpha value is -1.93. The van der Waals surface area contributed by atoms with Crippen molar-refractivity contribution in [1.82, 2.24) is 4.48 Å². The number of primary amides is 1. The van der Waals surface area contributed by atoms with E-state index in [0.29, 0.717) is 5.56 Å². The van der Waals surface area contributed by atoms with E-state index < -0.39 is 26.3 Å². The lowest BCUT2D eigenvalue weighted by atomic mass is 10.1. The maximum absolute atomic E-state index is 11.8. The first kappa shape index (κ1) is 15.1. The number of amides is 2. The summed E-state index contributed by atoms with van der Waals surface area (Å²) < 4.78 is 22.8. The van der Waals surface area contributed by atoms with Crippen LogP contribution in [-0.4, -0.2) is 33.7 Å². The number of aryl methyl sites for hydroxylation is 1. The zero-order valence-corrected chi connectivity index (χ0v) is 11.8. The van der Waals surface area contributed by atoms with Gasteiger partial charge in [0.25, 0.3) is 0 Å². The molecule has 8 heteroatoms. The summed E-state index contributed by atoms with van der Waals surface area (Å²) in [6, 6.07) is 3.62. The summed E-state index contributed by atoms with van der Waals surface area (Å²) in [5.41, 5.74) is 11.4. The minimum absolute atomic E-state index is 0.0657. The molecule has 104 valence electrons. The first-order chi connectivity index (χ1) is 8.52. The molecule has 1 aromatic carbocycles. The van der Waals surface area contributed by atoms with Gasteiger partial charge in [-0.15, -0.1) is 4.48 Å². The number of benzene rings is 1. The van der Waals surface area contributed by atoms with Gasteiger partial charge in [-0.3, -0.25) is 0 Å². The van der Waals surface area contributed by atoms with Crippen LogP contribution in [0.25, 0.3) is 0 Å². The number of hydrogen-bond donors (Lipinski definition) is 3. The first-order valence-corrected chi connectivity index (χ1v) is 7.23. The highest BCUT2D eigenvalue weighted by Gasteiger charge is 2.42. The van der Waals surface area contributed by atoms with Gasteiger partial charge < -0.3 is 11.5 Å². The maximum atomic E-state index is 11.8. The number of nitrogens with one attached hydrogen (secondary N) is 1. The summed E-state index contributed by atoms with van der Waals surface area (Å²) in [5.74, 6) is -0.549. The lowest BCUT2D eigenvalue weighted by Crippen LogP contribution is -2.61. The molecular weight excluding hydrogens is 268 g/mol. The number of nitrogens with zero attached hydrogens (tertiary/aromatic N) is 1. The van der Waals surface area contributed by atoms with Crippen LogP contribution < -0.4 is 16.0 Å². The number of hydrogen-bond acceptors (Lipinski definition) is 4. The Morgan fingerprint density at radius 1 is 1.32 bits per heavy atom. The lowest BCUT2D eigenvalue weighted by molar-refractivity contribution is 0.234. The van der Waals surface area contributed by atoms with Gasteiger partial charge in [-0.1, -0.05) is 12.1 Å². The number of rotatable bonds is 2. The van der Waals surface area contributed by atoms with E-state index >= 15 is 0 Å². The highest BCUT2D eigenvalue weighted by Crippen LogP contribution is 2.32. The number of para-hydroxylation sites is 1. The average Bonchev–Trinajstić information content (AvgIpc) is 2.25. The van der Waals surface area contributed by atoms with Crippen LogP contribution >= 0.6 is 0 Å². The van der Waals surface area contributed by atoms with E-state index in [2.05, 4.69) is 0 Å². The predicted octanol–water partition coefficient (Wildman–Crippen LogP) is 0.308. The Morgan fingerprint density at radius 2 is 1.84 bits per heavy atom. The number of urea groups is 1. The van der Waals surface area contributed by atoms with Crippen molar-refractivity contribution in [3.05, 3.63) is 23.8 Å². The Morgan fingerprint density at radius 3 is 2.21 bits per heavy atom. The van der Waals surface area contributed by atoms with Crippen molar-refractivity contribution in [1.29, 1.82) is 5.41 Å². The van der Waals surface area contributed by atoms with Gasteiger partial charge in [0, 0.05) is 11.8 Å². The monoisotopic (exact) mass is 285 g/mol. The van der Waals surface area contributed by atoms with E-state index in [1.165, 1.54) is 13.1 Å². The molecule has 5 N–H and O–H groups in total. The molecule has 0 heterocycles. The summed E-state index contributed by atoms with van der Waals surface area (Å²) in [5, 5.41) is 7.57. The number of carbonyl (C=O) groups is 1. The highest BCUT2D eigenvalue weighted by molar-refractivity contribution is 7.90. The number of guanidine groups is 1. The summed E-state index contributed by atoms with van der Waals surface area (Å²) in [4.78, 5) is 11.6. The fourth-order valence-corrected chi connectivity index (χ4v) is 2.87. The van der Waals surface area contributed by atoms with Gasteiger partial charge >= 0.3 is 12.0 Å². The zero-order valence-electron chi connectivity index (χ0n) is 11.0. The van der Waals surface area contributed by atoms with E-state index in [0.717, 1.165) is 6.26 Å². The number of quaternary nitrogens is 1. The summed E-state index contributed by atoms with van der Waals surface area (Å²) in [6.45, 7) is 1.63. The van der Waals surface area contributed by atoms with Crippen LogP contribution in [0.15, 0.2) is 23.1 Å². The van der Waals surface area contributed by atoms with Crippen LogP contribution in [-0.2, 0) is 9.84 Å². The van der Waals surface area contributed by atoms with Crippen molar-refractivity contribution in [2.45, 2.75) is 11.8 Å². The Kier molecular flexibility index (Phi) is 3.69. The largest absolute Gasteiger partial charge is 0.426 e. The Bertz CT molecular complexity index is 638. The second-order valence-corrected chi connectivity index (χ2v) is 6.41. The van der Waals surface area contributed by atoms with Gasteiger partial charge in [0.15, 0.2) is 15.5 Å². The Balaban J connectivity index is 3.86. The average molecular weight is 285 g/mol. The smallest absolute Gasteiger partial charge is 0.337 e. The molecule has 2 amide bonds. The molecule has 0 aliphatic heterocycles. The van der Waals surface area contributed by atoms with E-state index in [-0.39, 0.29) is 10.6 Å². The lowest BCUT2D eigenvalue weighted by Gasteiger charge is -2.28. The third-order valence-corrected chi connectivity index (χ3v) is 4.10. The molecule has 1 unspecified atom stereocenters. The number of nitrogens with two attached hydrogens (primary N) is 2. The molecule has 1 rings (SSSR count). The number of sulfone groups is 1. The third-order valence-electron chi connectivity index (χ3n) is 2.97. The van der Waals surface area contributed by atoms with Crippen LogP contribution in [0.5, 0.6) is 0 Å². The molecule has 0 saturated carbocycles. The molecule has 1 atom stereocenters. The molecule has 0 aromatic heterocycles. The van der Waals surface area contributed by atoms with Crippen molar-refractivity contribution >= 4 is 27.5 Å². The van der Waals surface area contributed by atoms with Crippen LogP contribution in [0.4, 0.5) is 10.5 Å². The molecule has 19 heavy (non-hydrogen) atoms. The summed E-state index contributed by atoms with van der Waals surface area (Å²) >= 11 is 0. The van der Waals surface area contributed by atoms with E-state index in [9.17, 15) is 13.2 Å². The molecule has 0 aliphatic rings. The van der Waals surface area contributed by atoms with Crippen LogP contribution in [0, 0.1) is 12.3 Å². The first-order valence-electron chi connectivity index (χ1n) is 5.34. The standard InChI is InChI=1S/C11H16N4O3S/c1-7-5-4-6-8(19(3,17)18)9(7)15(2,10(12)13)11(14)16/h4-6H,1-3H3,(H4-,12,13,14,16)/p+1. The molecule has 0 fully saturated rings. The topological polar surface area (TPSA) is 127 Å². The van der Waals surface area contributed by atoms with Gasteiger partial charge in [0.1, 0.15) is 4.90 Å². The third kappa shape index (κ3) is 2.45. The molecule has 0 radical (unpaired) electrons. The molecule has 0 aliphatic carbocycles. The van der Waals surface area contributed by atoms with Crippen molar-refractivity contribution in [2.75, 3.05) is 13.3 Å². The molecule has 7 nitrogen and oxygen atoms in total. The second kappa shape index (κ2) is 4.63. The van der Waals surface area contributed by atoms with Crippen molar-refractivity contribution in [3.8, 4) is 0 Å². The molecular formula is C11H17N4O3S+. The van der Waals surface area contributed by atoms with Gasteiger partial charge in [-0.2, -0.15) is 0 Å². The highest BCUT2D eigenvalue weighted by atomic mass is 32.2. The van der Waals surface area contributed by atoms with Gasteiger partial charge in [-0.25, -0.2) is 18.6 Å². The van der Waals surface area contributed by atoms with Gasteiger partial charge in [-0.05, 0) is 13.0 Å². The Labute approximate surface area is 111 Å². The number of carbonyl (C=O) groups excluding carboxylic acids is 1. The SMILES string of the molecule is Cc1cccc(S(C)(=O)=O)c1[N+](C)(C(=N)N)C(N)=O. The minimum Gasteiger partial charge on any atom is -0.337 e.